The molecule has 0 spiro atoms. The van der Waals surface area contributed by atoms with Crippen molar-refractivity contribution < 1.29 is 62.2 Å². The highest BCUT2D eigenvalue weighted by molar-refractivity contribution is 5.94. The highest BCUT2D eigenvalue weighted by Gasteiger charge is 2.53. The van der Waals surface area contributed by atoms with E-state index in [-0.39, 0.29) is 30.2 Å². The predicted octanol–water partition coefficient (Wildman–Crippen LogP) is -0.121. The van der Waals surface area contributed by atoms with Crippen LogP contribution in [0.2, 0.25) is 0 Å². The molecule has 2 N–H and O–H groups in total. The summed E-state index contributed by atoms with van der Waals surface area (Å²) < 4.78 is 38.2. The zero-order chi connectivity index (χ0) is 28.4. The standard InChI is InChI=1S/C24H31NO13/c1-12(27)33-11-19-20(34-13(2)28)21(35-14(3)29)22(36-15(4)30)24(38-19)37-17-7-6-16(10-18(17)32-5)23(31)25-8-9-26/h6-7,10,19-22,24,26H,8-9,11H2,1-5H3,(H,25,31)/t19-,20-,21+,22-,24+/m0/s1. The molecule has 1 aromatic carbocycles. The van der Waals surface area contributed by atoms with Gasteiger partial charge < -0.3 is 43.6 Å². The number of carbonyl (C=O) groups excluding carboxylic acids is 5. The third-order valence-electron chi connectivity index (χ3n) is 5.01. The average Bonchev–Trinajstić information content (AvgIpc) is 2.84. The first-order chi connectivity index (χ1) is 18.0. The largest absolute Gasteiger partial charge is 0.493 e. The van der Waals surface area contributed by atoms with Gasteiger partial charge in [0, 0.05) is 39.8 Å². The number of carbonyl (C=O) groups is 5. The Balaban J connectivity index is 2.48. The molecule has 14 nitrogen and oxygen atoms in total. The monoisotopic (exact) mass is 541 g/mol. The number of benzene rings is 1. The lowest BCUT2D eigenvalue weighted by molar-refractivity contribution is -0.288. The molecule has 1 aliphatic rings. The van der Waals surface area contributed by atoms with Gasteiger partial charge in [-0.15, -0.1) is 0 Å². The number of hydrogen-bond donors (Lipinski definition) is 2. The number of nitrogens with one attached hydrogen (secondary N) is 1. The second-order valence-corrected chi connectivity index (χ2v) is 8.03. The Kier molecular flexibility index (Phi) is 11.3. The van der Waals surface area contributed by atoms with E-state index < -0.39 is 67.1 Å². The first kappa shape index (κ1) is 30.3. The van der Waals surface area contributed by atoms with Gasteiger partial charge in [-0.2, -0.15) is 0 Å². The van der Waals surface area contributed by atoms with Gasteiger partial charge in [0.2, 0.25) is 12.4 Å². The van der Waals surface area contributed by atoms with Crippen LogP contribution in [0.5, 0.6) is 11.5 Å². The third kappa shape index (κ3) is 8.59. The number of ether oxygens (including phenoxy) is 7. The van der Waals surface area contributed by atoms with Gasteiger partial charge in [0.25, 0.3) is 5.91 Å². The number of amides is 1. The Morgan fingerprint density at radius 3 is 2.03 bits per heavy atom. The number of esters is 4. The molecule has 0 bridgehead atoms. The zero-order valence-corrected chi connectivity index (χ0v) is 21.6. The van der Waals surface area contributed by atoms with E-state index in [1.165, 1.54) is 25.3 Å². The average molecular weight is 542 g/mol. The number of methoxy groups -OCH3 is 1. The van der Waals surface area contributed by atoms with Crippen LogP contribution in [-0.2, 0) is 42.9 Å². The molecule has 0 unspecified atom stereocenters. The molecule has 0 aliphatic carbocycles. The minimum Gasteiger partial charge on any atom is -0.493 e. The lowest BCUT2D eigenvalue weighted by Gasteiger charge is -2.44. The van der Waals surface area contributed by atoms with Gasteiger partial charge in [0.1, 0.15) is 12.7 Å². The summed E-state index contributed by atoms with van der Waals surface area (Å²) >= 11 is 0. The highest BCUT2D eigenvalue weighted by Crippen LogP contribution is 2.34. The van der Waals surface area contributed by atoms with Crippen LogP contribution in [0.4, 0.5) is 0 Å². The molecule has 1 aromatic rings. The van der Waals surface area contributed by atoms with Gasteiger partial charge in [0.05, 0.1) is 13.7 Å². The van der Waals surface area contributed by atoms with Crippen LogP contribution in [0.3, 0.4) is 0 Å². The van der Waals surface area contributed by atoms with E-state index in [4.69, 9.17) is 38.3 Å². The van der Waals surface area contributed by atoms with Gasteiger partial charge in [-0.05, 0) is 18.2 Å². The summed E-state index contributed by atoms with van der Waals surface area (Å²) in [5.74, 6) is -3.33. The van der Waals surface area contributed by atoms with E-state index in [2.05, 4.69) is 5.32 Å². The first-order valence-corrected chi connectivity index (χ1v) is 11.5. The van der Waals surface area contributed by atoms with Crippen molar-refractivity contribution in [2.75, 3.05) is 26.9 Å². The van der Waals surface area contributed by atoms with Crippen molar-refractivity contribution in [1.29, 1.82) is 0 Å². The van der Waals surface area contributed by atoms with Crippen LogP contribution < -0.4 is 14.8 Å². The lowest BCUT2D eigenvalue weighted by Crippen LogP contribution is -2.63. The summed E-state index contributed by atoms with van der Waals surface area (Å²) in [7, 11) is 1.32. The van der Waals surface area contributed by atoms with Crippen LogP contribution in [0.15, 0.2) is 18.2 Å². The molecule has 38 heavy (non-hydrogen) atoms. The van der Waals surface area contributed by atoms with Crippen molar-refractivity contribution >= 4 is 29.8 Å². The molecule has 1 saturated heterocycles. The van der Waals surface area contributed by atoms with Crippen LogP contribution in [0.1, 0.15) is 38.1 Å². The summed E-state index contributed by atoms with van der Waals surface area (Å²) in [4.78, 5) is 59.5. The first-order valence-electron chi connectivity index (χ1n) is 11.5. The van der Waals surface area contributed by atoms with Gasteiger partial charge in [0.15, 0.2) is 23.7 Å². The molecule has 5 atom stereocenters. The zero-order valence-electron chi connectivity index (χ0n) is 21.6. The second-order valence-electron chi connectivity index (χ2n) is 8.03. The van der Waals surface area contributed by atoms with Gasteiger partial charge in [-0.1, -0.05) is 0 Å². The molecule has 0 aromatic heterocycles. The highest BCUT2D eigenvalue weighted by atomic mass is 16.7. The lowest BCUT2D eigenvalue weighted by atomic mass is 9.98. The van der Waals surface area contributed by atoms with E-state index in [9.17, 15) is 24.0 Å². The van der Waals surface area contributed by atoms with Crippen molar-refractivity contribution in [1.82, 2.24) is 5.32 Å². The molecule has 1 heterocycles. The van der Waals surface area contributed by atoms with Crippen molar-refractivity contribution in [3.8, 4) is 11.5 Å². The molecule has 0 radical (unpaired) electrons. The Morgan fingerprint density at radius 2 is 1.47 bits per heavy atom. The summed E-state index contributed by atoms with van der Waals surface area (Å²) in [6.07, 6.45) is -6.85. The van der Waals surface area contributed by atoms with Crippen molar-refractivity contribution in [3.63, 3.8) is 0 Å². The summed E-state index contributed by atoms with van der Waals surface area (Å²) in [5.41, 5.74) is 0.198. The normalized spacial score (nSPS) is 22.4. The number of aliphatic hydroxyl groups excluding tert-OH is 1. The van der Waals surface area contributed by atoms with Crippen molar-refractivity contribution in [2.45, 2.75) is 58.4 Å². The maximum absolute atomic E-state index is 12.3. The Morgan fingerprint density at radius 1 is 0.868 bits per heavy atom. The van der Waals surface area contributed by atoms with E-state index in [1.807, 2.05) is 0 Å². The van der Waals surface area contributed by atoms with Gasteiger partial charge >= 0.3 is 23.9 Å². The minimum absolute atomic E-state index is 0.0458. The quantitative estimate of drug-likeness (QED) is 0.280. The predicted molar refractivity (Wildman–Crippen MR) is 125 cm³/mol. The van der Waals surface area contributed by atoms with E-state index in [1.54, 1.807) is 0 Å². The molecule has 14 heteroatoms. The maximum atomic E-state index is 12.3. The third-order valence-corrected chi connectivity index (χ3v) is 5.01. The molecular weight excluding hydrogens is 510 g/mol. The molecule has 210 valence electrons. The number of rotatable bonds is 11. The SMILES string of the molecule is COc1cc(C(=O)NCCO)ccc1O[C@@H]1O[C@@H](COC(C)=O)[C@H](OC(C)=O)[C@@H](OC(C)=O)[C@@H]1OC(C)=O. The second kappa shape index (κ2) is 14.1. The van der Waals surface area contributed by atoms with Gasteiger partial charge in [-0.25, -0.2) is 0 Å². The van der Waals surface area contributed by atoms with Crippen LogP contribution in [-0.4, -0.2) is 92.5 Å². The summed E-state index contributed by atoms with van der Waals surface area (Å²) in [6, 6.07) is 4.17. The molecule has 0 saturated carbocycles. The minimum atomic E-state index is -1.47. The van der Waals surface area contributed by atoms with Crippen LogP contribution >= 0.6 is 0 Å². The summed E-state index contributed by atoms with van der Waals surface area (Å²) in [6.45, 7) is 3.86. The fourth-order valence-corrected chi connectivity index (χ4v) is 3.59. The van der Waals surface area contributed by atoms with Crippen LogP contribution in [0.25, 0.3) is 0 Å². The Bertz CT molecular complexity index is 1030. The van der Waals surface area contributed by atoms with E-state index in [0.717, 1.165) is 27.7 Å². The fourth-order valence-electron chi connectivity index (χ4n) is 3.59. The Labute approximate surface area is 218 Å². The molecule has 1 amide bonds. The maximum Gasteiger partial charge on any atom is 0.303 e. The molecule has 1 aliphatic heterocycles. The smallest absolute Gasteiger partial charge is 0.303 e. The van der Waals surface area contributed by atoms with Crippen molar-refractivity contribution in [2.24, 2.45) is 0 Å². The fraction of sp³-hybridized carbons (Fsp3) is 0.542. The number of aliphatic hydroxyl groups is 1. The molecule has 1 fully saturated rings. The molecular formula is C24H31NO13. The van der Waals surface area contributed by atoms with E-state index in [0.29, 0.717) is 0 Å². The van der Waals surface area contributed by atoms with Gasteiger partial charge in [-0.3, -0.25) is 24.0 Å². The summed E-state index contributed by atoms with van der Waals surface area (Å²) in [5, 5.41) is 11.4. The molecule has 2 rings (SSSR count). The number of hydrogen-bond acceptors (Lipinski definition) is 13. The van der Waals surface area contributed by atoms with Crippen molar-refractivity contribution in [3.05, 3.63) is 23.8 Å². The topological polar surface area (TPSA) is 182 Å². The van der Waals surface area contributed by atoms with Crippen LogP contribution in [0, 0.1) is 0 Å². The Hall–Kier alpha value is -3.91. The van der Waals surface area contributed by atoms with E-state index >= 15 is 0 Å².